The number of anilines is 1. The fourth-order valence-corrected chi connectivity index (χ4v) is 2.49. The van der Waals surface area contributed by atoms with Gasteiger partial charge in [0.15, 0.2) is 6.10 Å². The molecule has 1 amide bonds. The van der Waals surface area contributed by atoms with E-state index >= 15 is 0 Å². The van der Waals surface area contributed by atoms with Gasteiger partial charge in [0.1, 0.15) is 0 Å². The molecule has 2 rings (SSSR count). The molecule has 0 aromatic heterocycles. The highest BCUT2D eigenvalue weighted by molar-refractivity contribution is 8.00. The Kier molecular flexibility index (Phi) is 6.47. The third-order valence-electron chi connectivity index (χ3n) is 3.26. The summed E-state index contributed by atoms with van der Waals surface area (Å²) in [5, 5.41) is 11.3. The van der Waals surface area contributed by atoms with E-state index in [1.165, 1.54) is 43.3 Å². The number of nitriles is 1. The van der Waals surface area contributed by atoms with E-state index in [4.69, 9.17) is 10.00 Å². The van der Waals surface area contributed by atoms with Crippen LogP contribution in [0.15, 0.2) is 53.4 Å². The van der Waals surface area contributed by atoms with Gasteiger partial charge in [0, 0.05) is 10.6 Å². The van der Waals surface area contributed by atoms with Gasteiger partial charge in [0.2, 0.25) is 0 Å². The molecular weight excluding hydrogens is 381 g/mol. The smallest absolute Gasteiger partial charge is 0.446 e. The zero-order chi connectivity index (χ0) is 20.0. The van der Waals surface area contributed by atoms with Gasteiger partial charge in [-0.05, 0) is 67.2 Å². The van der Waals surface area contributed by atoms with Crippen LogP contribution in [0, 0.1) is 11.3 Å². The van der Waals surface area contributed by atoms with Crippen molar-refractivity contribution >= 4 is 29.3 Å². The summed E-state index contributed by atoms with van der Waals surface area (Å²) in [7, 11) is 0. The first kappa shape index (κ1) is 20.3. The molecule has 0 unspecified atom stereocenters. The first-order valence-electron chi connectivity index (χ1n) is 7.56. The zero-order valence-electron chi connectivity index (χ0n) is 13.9. The van der Waals surface area contributed by atoms with Crippen molar-refractivity contribution in [1.82, 2.24) is 0 Å². The van der Waals surface area contributed by atoms with Gasteiger partial charge in [0.25, 0.3) is 5.91 Å². The van der Waals surface area contributed by atoms with Gasteiger partial charge in [-0.1, -0.05) is 0 Å². The quantitative estimate of drug-likeness (QED) is 0.602. The van der Waals surface area contributed by atoms with Gasteiger partial charge < -0.3 is 10.1 Å². The molecule has 1 atom stereocenters. The molecular formula is C18H13F3N2O3S. The van der Waals surface area contributed by atoms with E-state index in [-0.39, 0.29) is 22.2 Å². The molecule has 27 heavy (non-hydrogen) atoms. The number of esters is 1. The SMILES string of the molecule is C[C@H](OC(=O)c1ccc(SC(F)(F)F)cc1)C(=O)Nc1ccc(C#N)cc1. The third-order valence-corrected chi connectivity index (χ3v) is 4.00. The second-order valence-electron chi connectivity index (χ2n) is 5.30. The third kappa shape index (κ3) is 6.34. The number of amides is 1. The van der Waals surface area contributed by atoms with Crippen molar-refractivity contribution in [3.8, 4) is 6.07 Å². The lowest BCUT2D eigenvalue weighted by molar-refractivity contribution is -0.123. The lowest BCUT2D eigenvalue weighted by atomic mass is 10.2. The molecule has 0 aliphatic carbocycles. The van der Waals surface area contributed by atoms with Crippen LogP contribution in [-0.4, -0.2) is 23.5 Å². The van der Waals surface area contributed by atoms with Crippen LogP contribution in [0.4, 0.5) is 18.9 Å². The van der Waals surface area contributed by atoms with Crippen LogP contribution in [-0.2, 0) is 9.53 Å². The van der Waals surface area contributed by atoms with Gasteiger partial charge >= 0.3 is 11.5 Å². The van der Waals surface area contributed by atoms with E-state index in [1.807, 2.05) is 6.07 Å². The number of alkyl halides is 3. The number of carbonyl (C=O) groups is 2. The largest absolute Gasteiger partial charge is 0.449 e. The zero-order valence-corrected chi connectivity index (χ0v) is 14.7. The summed E-state index contributed by atoms with van der Waals surface area (Å²) in [5.41, 5.74) is -3.53. The van der Waals surface area contributed by atoms with Crippen LogP contribution in [0.2, 0.25) is 0 Å². The van der Waals surface area contributed by atoms with Crippen molar-refractivity contribution in [3.05, 3.63) is 59.7 Å². The number of rotatable bonds is 5. The van der Waals surface area contributed by atoms with Crippen molar-refractivity contribution in [2.24, 2.45) is 0 Å². The number of carbonyl (C=O) groups excluding carboxylic acids is 2. The molecule has 1 N–H and O–H groups in total. The van der Waals surface area contributed by atoms with Crippen molar-refractivity contribution in [2.45, 2.75) is 23.4 Å². The maximum absolute atomic E-state index is 12.3. The highest BCUT2D eigenvalue weighted by atomic mass is 32.2. The summed E-state index contributed by atoms with van der Waals surface area (Å²) in [6.07, 6.45) is -1.13. The molecule has 5 nitrogen and oxygen atoms in total. The number of thioether (sulfide) groups is 1. The first-order chi connectivity index (χ1) is 12.7. The van der Waals surface area contributed by atoms with Gasteiger partial charge in [-0.25, -0.2) is 4.79 Å². The summed E-state index contributed by atoms with van der Waals surface area (Å²) >= 11 is -0.293. The number of ether oxygens (including phenoxy) is 1. The Morgan fingerprint density at radius 2 is 1.70 bits per heavy atom. The molecule has 0 saturated carbocycles. The maximum Gasteiger partial charge on any atom is 0.446 e. The normalized spacial score (nSPS) is 12.0. The number of benzene rings is 2. The van der Waals surface area contributed by atoms with Crippen molar-refractivity contribution < 1.29 is 27.5 Å². The molecule has 0 heterocycles. The molecule has 0 radical (unpaired) electrons. The molecule has 2 aromatic carbocycles. The highest BCUT2D eigenvalue weighted by Crippen LogP contribution is 2.36. The minimum absolute atomic E-state index is 0.0274. The Hall–Kier alpha value is -2.99. The minimum Gasteiger partial charge on any atom is -0.449 e. The average molecular weight is 394 g/mol. The minimum atomic E-state index is -4.42. The standard InChI is InChI=1S/C18H13F3N2O3S/c1-11(16(24)23-14-6-2-12(10-22)3-7-14)26-17(25)13-4-8-15(9-5-13)27-18(19,20)21/h2-9,11H,1H3,(H,23,24)/t11-/m0/s1. The Bertz CT molecular complexity index is 859. The molecule has 0 saturated heterocycles. The molecule has 0 aliphatic rings. The van der Waals surface area contributed by atoms with Crippen molar-refractivity contribution in [3.63, 3.8) is 0 Å². The summed E-state index contributed by atoms with van der Waals surface area (Å²) in [6.45, 7) is 1.37. The van der Waals surface area contributed by atoms with Gasteiger partial charge in [0.05, 0.1) is 17.2 Å². The molecule has 140 valence electrons. The number of halogens is 3. The van der Waals surface area contributed by atoms with E-state index < -0.39 is 23.5 Å². The Morgan fingerprint density at radius 1 is 1.11 bits per heavy atom. The van der Waals surface area contributed by atoms with Crippen LogP contribution < -0.4 is 5.32 Å². The fourth-order valence-electron chi connectivity index (χ4n) is 1.95. The van der Waals surface area contributed by atoms with Crippen LogP contribution >= 0.6 is 11.8 Å². The average Bonchev–Trinajstić information content (AvgIpc) is 2.61. The lowest BCUT2D eigenvalue weighted by Crippen LogP contribution is -2.30. The predicted octanol–water partition coefficient (Wildman–Crippen LogP) is 4.35. The second kappa shape index (κ2) is 8.60. The van der Waals surface area contributed by atoms with E-state index in [2.05, 4.69) is 5.32 Å². The fraction of sp³-hybridized carbons (Fsp3) is 0.167. The molecule has 0 aliphatic heterocycles. The van der Waals surface area contributed by atoms with Gasteiger partial charge in [-0.2, -0.15) is 18.4 Å². The monoisotopic (exact) mass is 394 g/mol. The Balaban J connectivity index is 1.93. The van der Waals surface area contributed by atoms with E-state index in [9.17, 15) is 22.8 Å². The van der Waals surface area contributed by atoms with Crippen LogP contribution in [0.3, 0.4) is 0 Å². The topological polar surface area (TPSA) is 79.2 Å². The van der Waals surface area contributed by atoms with Crippen molar-refractivity contribution in [1.29, 1.82) is 5.26 Å². The summed E-state index contributed by atoms with van der Waals surface area (Å²) < 4.78 is 41.9. The number of nitrogens with zero attached hydrogens (tertiary/aromatic N) is 1. The first-order valence-corrected chi connectivity index (χ1v) is 8.37. The maximum atomic E-state index is 12.3. The second-order valence-corrected chi connectivity index (χ2v) is 6.44. The van der Waals surface area contributed by atoms with Crippen LogP contribution in [0.25, 0.3) is 0 Å². The predicted molar refractivity (Wildman–Crippen MR) is 93.0 cm³/mol. The lowest BCUT2D eigenvalue weighted by Gasteiger charge is -2.14. The molecule has 0 fully saturated rings. The molecule has 2 aromatic rings. The Labute approximate surface area is 157 Å². The summed E-state index contributed by atoms with van der Waals surface area (Å²) in [5.74, 6) is -1.42. The molecule has 9 heteroatoms. The van der Waals surface area contributed by atoms with Gasteiger partial charge in [-0.3, -0.25) is 4.79 Å². The van der Waals surface area contributed by atoms with Crippen molar-refractivity contribution in [2.75, 3.05) is 5.32 Å². The Morgan fingerprint density at radius 3 is 2.22 bits per heavy atom. The number of nitrogens with one attached hydrogen (secondary N) is 1. The molecule has 0 bridgehead atoms. The molecule has 0 spiro atoms. The number of hydrogen-bond donors (Lipinski definition) is 1. The van der Waals surface area contributed by atoms with Crippen LogP contribution in [0.1, 0.15) is 22.8 Å². The van der Waals surface area contributed by atoms with E-state index in [0.29, 0.717) is 11.3 Å². The van der Waals surface area contributed by atoms with Gasteiger partial charge in [-0.15, -0.1) is 0 Å². The summed E-state index contributed by atoms with van der Waals surface area (Å²) in [6, 6.07) is 12.7. The summed E-state index contributed by atoms with van der Waals surface area (Å²) in [4.78, 5) is 24.0. The number of hydrogen-bond acceptors (Lipinski definition) is 5. The van der Waals surface area contributed by atoms with E-state index in [1.54, 1.807) is 0 Å². The highest BCUT2D eigenvalue weighted by Gasteiger charge is 2.29. The van der Waals surface area contributed by atoms with Crippen LogP contribution in [0.5, 0.6) is 0 Å². The van der Waals surface area contributed by atoms with E-state index in [0.717, 1.165) is 12.1 Å².